The van der Waals surface area contributed by atoms with Crippen molar-refractivity contribution in [2.45, 2.75) is 51.6 Å². The van der Waals surface area contributed by atoms with Gasteiger partial charge in [0, 0.05) is 23.2 Å². The first-order valence-corrected chi connectivity index (χ1v) is 8.68. The molecule has 0 atom stereocenters. The standard InChI is InChI=1S/C20H26N2O/c1-15(2)22(17-10-4-5-11-17)14-20(23)21-19-13-7-9-16-8-3-6-12-18(16)19/h3,6-9,12-13,15,17H,4-5,10-11,14H2,1-2H3,(H,21,23). The van der Waals surface area contributed by atoms with Crippen LogP contribution in [0.1, 0.15) is 39.5 Å². The van der Waals surface area contributed by atoms with Gasteiger partial charge >= 0.3 is 0 Å². The second-order valence-corrected chi connectivity index (χ2v) is 6.78. The number of hydrogen-bond acceptors (Lipinski definition) is 2. The second kappa shape index (κ2) is 7.14. The summed E-state index contributed by atoms with van der Waals surface area (Å²) >= 11 is 0. The number of amides is 1. The third-order valence-corrected chi connectivity index (χ3v) is 4.85. The highest BCUT2D eigenvalue weighted by Gasteiger charge is 2.26. The fourth-order valence-electron chi connectivity index (χ4n) is 3.66. The van der Waals surface area contributed by atoms with Gasteiger partial charge in [-0.25, -0.2) is 0 Å². The van der Waals surface area contributed by atoms with Crippen molar-refractivity contribution in [2.75, 3.05) is 11.9 Å². The fourth-order valence-corrected chi connectivity index (χ4v) is 3.66. The van der Waals surface area contributed by atoms with Crippen LogP contribution in [0.2, 0.25) is 0 Å². The number of anilines is 1. The SMILES string of the molecule is CC(C)N(CC(=O)Nc1cccc2ccccc12)C1CCCC1. The van der Waals surface area contributed by atoms with Gasteiger partial charge in [0.25, 0.3) is 0 Å². The van der Waals surface area contributed by atoms with E-state index in [2.05, 4.69) is 42.3 Å². The average Bonchev–Trinajstić information content (AvgIpc) is 3.07. The molecule has 0 unspecified atom stereocenters. The van der Waals surface area contributed by atoms with Crippen molar-refractivity contribution in [3.05, 3.63) is 42.5 Å². The van der Waals surface area contributed by atoms with E-state index in [0.717, 1.165) is 16.5 Å². The Bertz CT molecular complexity index is 669. The van der Waals surface area contributed by atoms with Crippen LogP contribution in [0, 0.1) is 0 Å². The first kappa shape index (κ1) is 16.0. The summed E-state index contributed by atoms with van der Waals surface area (Å²) < 4.78 is 0. The van der Waals surface area contributed by atoms with Crippen LogP contribution >= 0.6 is 0 Å². The minimum absolute atomic E-state index is 0.0851. The van der Waals surface area contributed by atoms with Crippen LogP contribution < -0.4 is 5.32 Å². The van der Waals surface area contributed by atoms with Gasteiger partial charge in [-0.1, -0.05) is 49.2 Å². The number of fused-ring (bicyclic) bond motifs is 1. The van der Waals surface area contributed by atoms with Crippen LogP contribution in [0.5, 0.6) is 0 Å². The van der Waals surface area contributed by atoms with Crippen molar-refractivity contribution in [1.29, 1.82) is 0 Å². The van der Waals surface area contributed by atoms with Gasteiger partial charge in [0.2, 0.25) is 5.91 Å². The molecule has 1 saturated carbocycles. The summed E-state index contributed by atoms with van der Waals surface area (Å²) in [4.78, 5) is 14.9. The molecule has 0 aliphatic heterocycles. The van der Waals surface area contributed by atoms with Gasteiger partial charge in [-0.05, 0) is 38.1 Å². The highest BCUT2D eigenvalue weighted by molar-refractivity contribution is 6.02. The molecule has 2 aromatic rings. The first-order valence-electron chi connectivity index (χ1n) is 8.68. The van der Waals surface area contributed by atoms with E-state index in [1.54, 1.807) is 0 Å². The number of benzene rings is 2. The summed E-state index contributed by atoms with van der Waals surface area (Å²) in [5.41, 5.74) is 0.906. The molecule has 0 radical (unpaired) electrons. The summed E-state index contributed by atoms with van der Waals surface area (Å²) in [5, 5.41) is 5.37. The Morgan fingerprint density at radius 3 is 2.57 bits per heavy atom. The van der Waals surface area contributed by atoms with E-state index in [0.29, 0.717) is 18.6 Å². The van der Waals surface area contributed by atoms with Crippen molar-refractivity contribution in [3.8, 4) is 0 Å². The summed E-state index contributed by atoms with van der Waals surface area (Å²) in [6, 6.07) is 15.2. The monoisotopic (exact) mass is 310 g/mol. The molecule has 122 valence electrons. The van der Waals surface area contributed by atoms with E-state index in [4.69, 9.17) is 0 Å². The number of nitrogens with one attached hydrogen (secondary N) is 1. The van der Waals surface area contributed by atoms with Crippen molar-refractivity contribution in [2.24, 2.45) is 0 Å². The summed E-state index contributed by atoms with van der Waals surface area (Å²) in [7, 11) is 0. The number of rotatable bonds is 5. The summed E-state index contributed by atoms with van der Waals surface area (Å²) in [5.74, 6) is 0.0851. The molecule has 1 amide bonds. The number of hydrogen-bond donors (Lipinski definition) is 1. The van der Waals surface area contributed by atoms with E-state index in [1.807, 2.05) is 24.3 Å². The third-order valence-electron chi connectivity index (χ3n) is 4.85. The minimum Gasteiger partial charge on any atom is -0.324 e. The molecular formula is C20H26N2O. The average molecular weight is 310 g/mol. The predicted octanol–water partition coefficient (Wildman–Crippen LogP) is 4.43. The molecule has 1 aliphatic carbocycles. The van der Waals surface area contributed by atoms with Crippen molar-refractivity contribution in [1.82, 2.24) is 4.90 Å². The largest absolute Gasteiger partial charge is 0.324 e. The molecule has 2 aromatic carbocycles. The maximum absolute atomic E-state index is 12.6. The molecule has 3 rings (SSSR count). The lowest BCUT2D eigenvalue weighted by molar-refractivity contribution is -0.118. The van der Waals surface area contributed by atoms with Gasteiger partial charge in [-0.2, -0.15) is 0 Å². The van der Waals surface area contributed by atoms with Crippen LogP contribution in [-0.4, -0.2) is 29.4 Å². The van der Waals surface area contributed by atoms with Gasteiger partial charge in [0.05, 0.1) is 6.54 Å². The van der Waals surface area contributed by atoms with Gasteiger partial charge in [-0.15, -0.1) is 0 Å². The zero-order valence-corrected chi connectivity index (χ0v) is 14.1. The predicted molar refractivity (Wildman–Crippen MR) is 96.7 cm³/mol. The molecule has 0 heterocycles. The van der Waals surface area contributed by atoms with E-state index >= 15 is 0 Å². The zero-order chi connectivity index (χ0) is 16.2. The third kappa shape index (κ3) is 3.73. The molecule has 3 heteroatoms. The normalized spacial score (nSPS) is 15.7. The highest BCUT2D eigenvalue weighted by atomic mass is 16.2. The lowest BCUT2D eigenvalue weighted by atomic mass is 10.1. The summed E-state index contributed by atoms with van der Waals surface area (Å²) in [6.45, 7) is 4.85. The number of nitrogens with zero attached hydrogens (tertiary/aromatic N) is 1. The Morgan fingerprint density at radius 1 is 1.13 bits per heavy atom. The Hall–Kier alpha value is -1.87. The van der Waals surface area contributed by atoms with Crippen LogP contribution in [0.25, 0.3) is 10.8 Å². The Morgan fingerprint density at radius 2 is 1.83 bits per heavy atom. The Kier molecular flexibility index (Phi) is 4.97. The van der Waals surface area contributed by atoms with Gasteiger partial charge in [0.15, 0.2) is 0 Å². The molecule has 1 N–H and O–H groups in total. The Balaban J connectivity index is 1.72. The number of carbonyl (C=O) groups excluding carboxylic acids is 1. The minimum atomic E-state index is 0.0851. The molecular weight excluding hydrogens is 284 g/mol. The van der Waals surface area contributed by atoms with Gasteiger partial charge < -0.3 is 5.32 Å². The van der Waals surface area contributed by atoms with E-state index in [-0.39, 0.29) is 5.91 Å². The van der Waals surface area contributed by atoms with Gasteiger partial charge in [0.1, 0.15) is 0 Å². The molecule has 0 bridgehead atoms. The van der Waals surface area contributed by atoms with Gasteiger partial charge in [-0.3, -0.25) is 9.69 Å². The van der Waals surface area contributed by atoms with Crippen molar-refractivity contribution >= 4 is 22.4 Å². The van der Waals surface area contributed by atoms with Crippen molar-refractivity contribution in [3.63, 3.8) is 0 Å². The molecule has 3 nitrogen and oxygen atoms in total. The fraction of sp³-hybridized carbons (Fsp3) is 0.450. The lowest BCUT2D eigenvalue weighted by Crippen LogP contribution is -2.43. The molecule has 1 aliphatic rings. The maximum atomic E-state index is 12.6. The topological polar surface area (TPSA) is 32.3 Å². The molecule has 0 aromatic heterocycles. The molecule has 0 spiro atoms. The molecule has 23 heavy (non-hydrogen) atoms. The van der Waals surface area contributed by atoms with E-state index < -0.39 is 0 Å². The highest BCUT2D eigenvalue weighted by Crippen LogP contribution is 2.26. The van der Waals surface area contributed by atoms with Crippen LogP contribution in [0.3, 0.4) is 0 Å². The number of carbonyl (C=O) groups is 1. The lowest BCUT2D eigenvalue weighted by Gasteiger charge is -2.31. The Labute approximate surface area is 138 Å². The van der Waals surface area contributed by atoms with E-state index in [1.165, 1.54) is 25.7 Å². The van der Waals surface area contributed by atoms with Crippen LogP contribution in [0.4, 0.5) is 5.69 Å². The van der Waals surface area contributed by atoms with Crippen LogP contribution in [-0.2, 0) is 4.79 Å². The van der Waals surface area contributed by atoms with E-state index in [9.17, 15) is 4.79 Å². The smallest absolute Gasteiger partial charge is 0.238 e. The maximum Gasteiger partial charge on any atom is 0.238 e. The van der Waals surface area contributed by atoms with Crippen molar-refractivity contribution < 1.29 is 4.79 Å². The zero-order valence-electron chi connectivity index (χ0n) is 14.1. The van der Waals surface area contributed by atoms with Crippen LogP contribution in [0.15, 0.2) is 42.5 Å². The molecule has 0 saturated heterocycles. The quantitative estimate of drug-likeness (QED) is 0.886. The second-order valence-electron chi connectivity index (χ2n) is 6.78. The summed E-state index contributed by atoms with van der Waals surface area (Å²) in [6.07, 6.45) is 5.02. The first-order chi connectivity index (χ1) is 11.1. The molecule has 1 fully saturated rings.